The Labute approximate surface area is 141 Å². The molecule has 1 aliphatic rings. The molecule has 0 atom stereocenters. The second kappa shape index (κ2) is 7.44. The summed E-state index contributed by atoms with van der Waals surface area (Å²) in [5.41, 5.74) is 1.34. The van der Waals surface area contributed by atoms with Gasteiger partial charge in [-0.2, -0.15) is 0 Å². The van der Waals surface area contributed by atoms with Crippen LogP contribution in [-0.4, -0.2) is 52.9 Å². The van der Waals surface area contributed by atoms with Gasteiger partial charge in [0.25, 0.3) is 5.82 Å². The highest BCUT2D eigenvalue weighted by atomic mass is 16.5. The first-order valence-electron chi connectivity index (χ1n) is 8.03. The summed E-state index contributed by atoms with van der Waals surface area (Å²) in [5.74, 6) is 1.06. The van der Waals surface area contributed by atoms with Gasteiger partial charge in [0.1, 0.15) is 12.1 Å². The molecular weight excluding hydrogens is 308 g/mol. The normalized spacial score (nSPS) is 16.1. The number of aromatic nitrogens is 3. The van der Waals surface area contributed by atoms with Gasteiger partial charge in [0, 0.05) is 13.1 Å². The molecule has 1 aromatic carbocycles. The quantitative estimate of drug-likeness (QED) is 0.780. The Morgan fingerprint density at radius 2 is 2.08 bits per heavy atom. The van der Waals surface area contributed by atoms with Crippen molar-refractivity contribution in [2.24, 2.45) is 0 Å². The number of nitrogens with zero attached hydrogens (tertiary/aromatic N) is 4. The molecule has 0 unspecified atom stereocenters. The van der Waals surface area contributed by atoms with Crippen molar-refractivity contribution in [1.82, 2.24) is 19.7 Å². The second-order valence-corrected chi connectivity index (χ2v) is 5.91. The minimum absolute atomic E-state index is 0.101. The van der Waals surface area contributed by atoms with Crippen LogP contribution in [0.15, 0.2) is 30.6 Å². The molecule has 0 radical (unpaired) electrons. The molecule has 128 valence electrons. The minimum Gasteiger partial charge on any atom is -0.497 e. The van der Waals surface area contributed by atoms with E-state index in [1.165, 1.54) is 12.7 Å². The number of methoxy groups -OCH3 is 2. The first-order chi connectivity index (χ1) is 11.7. The van der Waals surface area contributed by atoms with Crippen molar-refractivity contribution in [3.05, 3.63) is 42.0 Å². The molecule has 0 bridgehead atoms. The van der Waals surface area contributed by atoms with E-state index in [0.29, 0.717) is 12.6 Å². The third kappa shape index (κ3) is 3.73. The fraction of sp³-hybridized carbons (Fsp3) is 0.471. The molecule has 0 amide bonds. The molecule has 0 saturated carbocycles. The summed E-state index contributed by atoms with van der Waals surface area (Å²) in [7, 11) is 3.02. The molecular formula is C17H22N4O3. The minimum atomic E-state index is -0.509. The predicted octanol–water partition coefficient (Wildman–Crippen LogP) is 1.91. The zero-order valence-corrected chi connectivity index (χ0v) is 14.0. The number of carbonyl (C=O) groups excluding carboxylic acids is 1. The van der Waals surface area contributed by atoms with E-state index in [-0.39, 0.29) is 5.82 Å². The number of carbonyl (C=O) groups is 1. The SMILES string of the molecule is COC(=O)c1ncn(CN2CCC(c3cccc(OC)c3)CC2)n1. The van der Waals surface area contributed by atoms with Crippen molar-refractivity contribution >= 4 is 5.97 Å². The van der Waals surface area contributed by atoms with Crippen molar-refractivity contribution < 1.29 is 14.3 Å². The highest BCUT2D eigenvalue weighted by molar-refractivity contribution is 5.84. The molecule has 1 fully saturated rings. The van der Waals surface area contributed by atoms with Gasteiger partial charge in [-0.25, -0.2) is 14.5 Å². The fourth-order valence-electron chi connectivity index (χ4n) is 3.06. The van der Waals surface area contributed by atoms with E-state index in [4.69, 9.17) is 4.74 Å². The second-order valence-electron chi connectivity index (χ2n) is 5.91. The molecule has 7 heteroatoms. The average molecular weight is 330 g/mol. The van der Waals surface area contributed by atoms with Crippen molar-refractivity contribution in [2.75, 3.05) is 27.3 Å². The van der Waals surface area contributed by atoms with E-state index in [9.17, 15) is 4.79 Å². The summed E-state index contributed by atoms with van der Waals surface area (Å²) in [4.78, 5) is 17.7. The zero-order chi connectivity index (χ0) is 16.9. The molecule has 1 saturated heterocycles. The highest BCUT2D eigenvalue weighted by Gasteiger charge is 2.21. The number of esters is 1. The Morgan fingerprint density at radius 3 is 2.79 bits per heavy atom. The van der Waals surface area contributed by atoms with Crippen molar-refractivity contribution in [1.29, 1.82) is 0 Å². The topological polar surface area (TPSA) is 69.5 Å². The first kappa shape index (κ1) is 16.4. The zero-order valence-electron chi connectivity index (χ0n) is 14.0. The highest BCUT2D eigenvalue weighted by Crippen LogP contribution is 2.30. The summed E-state index contributed by atoms with van der Waals surface area (Å²) in [6, 6.07) is 8.32. The number of benzene rings is 1. The van der Waals surface area contributed by atoms with Crippen molar-refractivity contribution in [2.45, 2.75) is 25.4 Å². The molecule has 1 aliphatic heterocycles. The van der Waals surface area contributed by atoms with E-state index in [2.05, 4.69) is 31.9 Å². The van der Waals surface area contributed by atoms with E-state index < -0.39 is 5.97 Å². The molecule has 1 aromatic heterocycles. The van der Waals surface area contributed by atoms with Gasteiger partial charge in [-0.3, -0.25) is 4.90 Å². The van der Waals surface area contributed by atoms with Crippen LogP contribution in [0.1, 0.15) is 34.9 Å². The molecule has 2 aromatic rings. The van der Waals surface area contributed by atoms with Gasteiger partial charge in [-0.15, -0.1) is 5.10 Å². The first-order valence-corrected chi connectivity index (χ1v) is 8.03. The van der Waals surface area contributed by atoms with Crippen LogP contribution in [0, 0.1) is 0 Å². The van der Waals surface area contributed by atoms with Crippen molar-refractivity contribution in [3.63, 3.8) is 0 Å². The number of hydrogen-bond acceptors (Lipinski definition) is 6. The number of ether oxygens (including phenoxy) is 2. The molecule has 3 rings (SSSR count). The van der Waals surface area contributed by atoms with Gasteiger partial charge >= 0.3 is 5.97 Å². The molecule has 0 aliphatic carbocycles. The maximum absolute atomic E-state index is 11.4. The predicted molar refractivity (Wildman–Crippen MR) is 87.9 cm³/mol. The molecule has 24 heavy (non-hydrogen) atoms. The lowest BCUT2D eigenvalue weighted by Gasteiger charge is -2.31. The number of hydrogen-bond donors (Lipinski definition) is 0. The monoisotopic (exact) mass is 330 g/mol. The molecule has 0 spiro atoms. The van der Waals surface area contributed by atoms with Gasteiger partial charge in [0.2, 0.25) is 0 Å². The molecule has 0 N–H and O–H groups in total. The van der Waals surface area contributed by atoms with E-state index >= 15 is 0 Å². The smallest absolute Gasteiger partial charge is 0.377 e. The van der Waals surface area contributed by atoms with E-state index in [1.807, 2.05) is 12.1 Å². The van der Waals surface area contributed by atoms with Crippen LogP contribution in [0.2, 0.25) is 0 Å². The van der Waals surface area contributed by atoms with E-state index in [0.717, 1.165) is 31.7 Å². The summed E-state index contributed by atoms with van der Waals surface area (Å²) in [6.45, 7) is 2.60. The van der Waals surface area contributed by atoms with Gasteiger partial charge in [0.15, 0.2) is 0 Å². The summed E-state index contributed by atoms with van der Waals surface area (Å²) < 4.78 is 11.6. The van der Waals surface area contributed by atoms with Gasteiger partial charge in [-0.1, -0.05) is 12.1 Å². The van der Waals surface area contributed by atoms with E-state index in [1.54, 1.807) is 18.1 Å². The Balaban J connectivity index is 1.55. The largest absolute Gasteiger partial charge is 0.497 e. The average Bonchev–Trinajstić information content (AvgIpc) is 3.10. The van der Waals surface area contributed by atoms with Crippen LogP contribution in [0.25, 0.3) is 0 Å². The van der Waals surface area contributed by atoms with Crippen LogP contribution in [-0.2, 0) is 11.4 Å². The van der Waals surface area contributed by atoms with Crippen LogP contribution in [0.5, 0.6) is 5.75 Å². The van der Waals surface area contributed by atoms with Crippen LogP contribution < -0.4 is 4.74 Å². The Kier molecular flexibility index (Phi) is 5.10. The van der Waals surface area contributed by atoms with Gasteiger partial charge in [-0.05, 0) is 36.5 Å². The lowest BCUT2D eigenvalue weighted by molar-refractivity contribution is 0.0585. The number of rotatable bonds is 5. The summed E-state index contributed by atoms with van der Waals surface area (Å²) in [6.07, 6.45) is 3.75. The maximum atomic E-state index is 11.4. The number of likely N-dealkylation sites (tertiary alicyclic amines) is 1. The van der Waals surface area contributed by atoms with Crippen LogP contribution in [0.4, 0.5) is 0 Å². The third-order valence-electron chi connectivity index (χ3n) is 4.40. The lowest BCUT2D eigenvalue weighted by atomic mass is 9.89. The Hall–Kier alpha value is -2.41. The lowest BCUT2D eigenvalue weighted by Crippen LogP contribution is -2.34. The summed E-state index contributed by atoms with van der Waals surface area (Å²) in [5, 5.41) is 4.15. The third-order valence-corrected chi connectivity index (χ3v) is 4.40. The molecule has 7 nitrogen and oxygen atoms in total. The van der Waals surface area contributed by atoms with Crippen LogP contribution in [0.3, 0.4) is 0 Å². The standard InChI is InChI=1S/C17H22N4O3/c1-23-15-5-3-4-14(10-15)13-6-8-20(9-7-13)12-21-11-18-16(19-21)17(22)24-2/h3-5,10-11,13H,6-9,12H2,1-2H3. The summed E-state index contributed by atoms with van der Waals surface area (Å²) >= 11 is 0. The maximum Gasteiger partial charge on any atom is 0.377 e. The van der Waals surface area contributed by atoms with Crippen LogP contribution >= 0.6 is 0 Å². The van der Waals surface area contributed by atoms with Crippen molar-refractivity contribution in [3.8, 4) is 5.75 Å². The number of piperidine rings is 1. The van der Waals surface area contributed by atoms with Gasteiger partial charge < -0.3 is 9.47 Å². The Morgan fingerprint density at radius 1 is 1.29 bits per heavy atom. The fourth-order valence-corrected chi connectivity index (χ4v) is 3.06. The molecule has 2 heterocycles. The Bertz CT molecular complexity index is 693. The van der Waals surface area contributed by atoms with Gasteiger partial charge in [0.05, 0.1) is 20.9 Å².